The van der Waals surface area contributed by atoms with E-state index in [1.54, 1.807) is 0 Å². The van der Waals surface area contributed by atoms with E-state index < -0.39 is 24.9 Å². The third kappa shape index (κ3) is 7.21. The third-order valence-corrected chi connectivity index (χ3v) is 2.15. The Kier molecular flexibility index (Phi) is 4.78. The maximum atomic E-state index is 11.2. The first-order valence-corrected chi connectivity index (χ1v) is 5.75. The Labute approximate surface area is 116 Å². The Hall–Kier alpha value is -1.88. The molecule has 0 aliphatic heterocycles. The molecule has 1 unspecified atom stereocenters. The van der Waals surface area contributed by atoms with Gasteiger partial charge in [-0.25, -0.2) is 0 Å². The van der Waals surface area contributed by atoms with Crippen molar-refractivity contribution in [3.05, 3.63) is 35.9 Å². The van der Waals surface area contributed by atoms with E-state index in [1.807, 2.05) is 30.3 Å². The molecule has 1 aromatic rings. The molecule has 0 aromatic heterocycles. The van der Waals surface area contributed by atoms with Crippen LogP contribution < -0.4 is 0 Å². The SMILES string of the molecule is [2H]C([2H])([2H])C(=O)OCC(COCc1ccccc1)OC(C)=O. The van der Waals surface area contributed by atoms with Gasteiger partial charge in [0.15, 0.2) is 6.10 Å². The summed E-state index contributed by atoms with van der Waals surface area (Å²) in [5.41, 5.74) is 0.934. The number of ether oxygens (including phenoxy) is 3. The van der Waals surface area contributed by atoms with Gasteiger partial charge in [-0.3, -0.25) is 9.59 Å². The molecule has 1 atom stereocenters. The predicted molar refractivity (Wildman–Crippen MR) is 68.3 cm³/mol. The summed E-state index contributed by atoms with van der Waals surface area (Å²) in [6.07, 6.45) is -0.854. The van der Waals surface area contributed by atoms with Crippen LogP contribution >= 0.6 is 0 Å². The molecule has 0 amide bonds. The number of esters is 2. The second kappa shape index (κ2) is 8.26. The van der Waals surface area contributed by atoms with Crippen LogP contribution in [0.4, 0.5) is 0 Å². The van der Waals surface area contributed by atoms with Crippen molar-refractivity contribution >= 4 is 11.9 Å². The van der Waals surface area contributed by atoms with Gasteiger partial charge in [0.2, 0.25) is 0 Å². The van der Waals surface area contributed by atoms with Crippen LogP contribution in [0.25, 0.3) is 0 Å². The maximum absolute atomic E-state index is 11.2. The predicted octanol–water partition coefficient (Wildman–Crippen LogP) is 1.70. The lowest BCUT2D eigenvalue weighted by Gasteiger charge is -2.16. The molecule has 1 rings (SSSR count). The second-order valence-corrected chi connectivity index (χ2v) is 3.83. The highest BCUT2D eigenvalue weighted by Gasteiger charge is 2.14. The fourth-order valence-electron chi connectivity index (χ4n) is 1.40. The van der Waals surface area contributed by atoms with Crippen molar-refractivity contribution in [2.24, 2.45) is 0 Å². The monoisotopic (exact) mass is 269 g/mol. The molecule has 0 saturated carbocycles. The van der Waals surface area contributed by atoms with E-state index in [1.165, 1.54) is 6.92 Å². The zero-order valence-corrected chi connectivity index (χ0v) is 10.6. The van der Waals surface area contributed by atoms with E-state index >= 15 is 0 Å². The van der Waals surface area contributed by atoms with Crippen LogP contribution in [0, 0.1) is 0 Å². The van der Waals surface area contributed by atoms with Crippen molar-refractivity contribution in [2.75, 3.05) is 13.2 Å². The van der Waals surface area contributed by atoms with Gasteiger partial charge >= 0.3 is 11.9 Å². The van der Waals surface area contributed by atoms with Gasteiger partial charge in [0.25, 0.3) is 0 Å². The number of hydrogen-bond donors (Lipinski definition) is 0. The molecule has 0 spiro atoms. The molecule has 0 fully saturated rings. The topological polar surface area (TPSA) is 61.8 Å². The molecule has 0 saturated heterocycles. The molecule has 1 aromatic carbocycles. The Bertz CT molecular complexity index is 487. The molecule has 104 valence electrons. The van der Waals surface area contributed by atoms with E-state index in [0.29, 0.717) is 6.61 Å². The summed E-state index contributed by atoms with van der Waals surface area (Å²) in [6, 6.07) is 9.34. The molecule has 0 heterocycles. The molecule has 0 aliphatic rings. The van der Waals surface area contributed by atoms with Crippen LogP contribution in [-0.2, 0) is 30.4 Å². The summed E-state index contributed by atoms with van der Waals surface area (Å²) in [5, 5.41) is 0. The summed E-state index contributed by atoms with van der Waals surface area (Å²) in [6.45, 7) is -1.72. The van der Waals surface area contributed by atoms with Crippen LogP contribution in [0.2, 0.25) is 0 Å². The van der Waals surface area contributed by atoms with Gasteiger partial charge in [0.05, 0.1) is 13.2 Å². The number of hydrogen-bond acceptors (Lipinski definition) is 5. The Morgan fingerprint density at radius 1 is 1.21 bits per heavy atom. The summed E-state index contributed by atoms with van der Waals surface area (Å²) in [5.74, 6) is -1.91. The average molecular weight is 269 g/mol. The van der Waals surface area contributed by atoms with Crippen LogP contribution in [0.3, 0.4) is 0 Å². The first-order chi connectivity index (χ1) is 10.3. The molecular formula is C14H18O5. The van der Waals surface area contributed by atoms with Crippen molar-refractivity contribution < 1.29 is 27.9 Å². The van der Waals surface area contributed by atoms with Crippen LogP contribution in [0.15, 0.2) is 30.3 Å². The van der Waals surface area contributed by atoms with Gasteiger partial charge in [-0.2, -0.15) is 0 Å². The quantitative estimate of drug-likeness (QED) is 0.705. The van der Waals surface area contributed by atoms with E-state index in [-0.39, 0.29) is 13.2 Å². The Balaban J connectivity index is 2.43. The highest BCUT2D eigenvalue weighted by atomic mass is 16.6. The van der Waals surface area contributed by atoms with Crippen LogP contribution in [0.5, 0.6) is 0 Å². The molecule has 0 bridgehead atoms. The minimum absolute atomic E-state index is 0.0112. The highest BCUT2D eigenvalue weighted by molar-refractivity contribution is 5.67. The second-order valence-electron chi connectivity index (χ2n) is 3.83. The van der Waals surface area contributed by atoms with Crippen LogP contribution in [0.1, 0.15) is 23.5 Å². The van der Waals surface area contributed by atoms with Crippen molar-refractivity contribution in [2.45, 2.75) is 26.5 Å². The minimum Gasteiger partial charge on any atom is -0.462 e. The van der Waals surface area contributed by atoms with Crippen molar-refractivity contribution in [3.63, 3.8) is 0 Å². The molecule has 0 N–H and O–H groups in total. The fraction of sp³-hybridized carbons (Fsp3) is 0.429. The first kappa shape index (κ1) is 11.0. The van der Waals surface area contributed by atoms with Gasteiger partial charge in [0.1, 0.15) is 6.61 Å². The van der Waals surface area contributed by atoms with E-state index in [0.717, 1.165) is 5.56 Å². The van der Waals surface area contributed by atoms with Gasteiger partial charge in [0, 0.05) is 17.9 Å². The number of carbonyl (C=O) groups is 2. The molecule has 0 aliphatic carbocycles. The maximum Gasteiger partial charge on any atom is 0.303 e. The zero-order chi connectivity index (χ0) is 16.6. The van der Waals surface area contributed by atoms with Crippen molar-refractivity contribution in [3.8, 4) is 0 Å². The average Bonchev–Trinajstić information content (AvgIpc) is 2.43. The van der Waals surface area contributed by atoms with Gasteiger partial charge in [-0.05, 0) is 5.56 Å². The molecule has 0 radical (unpaired) electrons. The molecular weight excluding hydrogens is 248 g/mol. The lowest BCUT2D eigenvalue weighted by molar-refractivity contribution is -0.160. The first-order valence-electron chi connectivity index (χ1n) is 7.25. The molecule has 5 heteroatoms. The lowest BCUT2D eigenvalue weighted by atomic mass is 10.2. The summed E-state index contributed by atoms with van der Waals surface area (Å²) in [4.78, 5) is 22.2. The smallest absolute Gasteiger partial charge is 0.303 e. The minimum atomic E-state index is -2.84. The third-order valence-electron chi connectivity index (χ3n) is 2.15. The van der Waals surface area contributed by atoms with Crippen molar-refractivity contribution in [1.82, 2.24) is 0 Å². The Morgan fingerprint density at radius 3 is 2.58 bits per heavy atom. The van der Waals surface area contributed by atoms with Gasteiger partial charge < -0.3 is 14.2 Å². The normalized spacial score (nSPS) is 14.7. The van der Waals surface area contributed by atoms with E-state index in [2.05, 4.69) is 4.74 Å². The summed E-state index contributed by atoms with van der Waals surface area (Å²) >= 11 is 0. The number of rotatable bonds is 7. The van der Waals surface area contributed by atoms with Gasteiger partial charge in [-0.15, -0.1) is 0 Å². The summed E-state index contributed by atoms with van der Waals surface area (Å²) < 4.78 is 35.6. The van der Waals surface area contributed by atoms with E-state index in [9.17, 15) is 9.59 Å². The van der Waals surface area contributed by atoms with Crippen molar-refractivity contribution in [1.29, 1.82) is 0 Å². The molecule has 19 heavy (non-hydrogen) atoms. The largest absolute Gasteiger partial charge is 0.462 e. The van der Waals surface area contributed by atoms with Gasteiger partial charge in [-0.1, -0.05) is 30.3 Å². The zero-order valence-electron chi connectivity index (χ0n) is 13.6. The number of carbonyl (C=O) groups excluding carboxylic acids is 2. The fourth-order valence-corrected chi connectivity index (χ4v) is 1.40. The van der Waals surface area contributed by atoms with E-state index in [4.69, 9.17) is 13.6 Å². The summed E-state index contributed by atoms with van der Waals surface area (Å²) in [7, 11) is 0. The molecule has 5 nitrogen and oxygen atoms in total. The lowest BCUT2D eigenvalue weighted by Crippen LogP contribution is -2.28. The highest BCUT2D eigenvalue weighted by Crippen LogP contribution is 2.03. The Morgan fingerprint density at radius 2 is 1.95 bits per heavy atom. The van der Waals surface area contributed by atoms with Crippen LogP contribution in [-0.4, -0.2) is 31.3 Å². The standard InChI is InChI=1S/C14H18O5/c1-11(15)18-10-14(19-12(2)16)9-17-8-13-6-4-3-5-7-13/h3-7,14H,8-10H2,1-2H3/i1D3. The number of benzene rings is 1.